The molecule has 0 bridgehead atoms. The van der Waals surface area contributed by atoms with E-state index in [9.17, 15) is 9.59 Å². The lowest BCUT2D eigenvalue weighted by atomic mass is 9.84. The van der Waals surface area contributed by atoms with Crippen molar-refractivity contribution in [3.63, 3.8) is 0 Å². The van der Waals surface area contributed by atoms with Crippen molar-refractivity contribution >= 4 is 44.6 Å². The number of nitrogens with zero attached hydrogens (tertiary/aromatic N) is 2. The van der Waals surface area contributed by atoms with E-state index in [1.54, 1.807) is 53.8 Å². The number of carbonyl (C=O) groups is 2. The molecular weight excluding hydrogens is 370 g/mol. The lowest BCUT2D eigenvalue weighted by molar-refractivity contribution is 0.0979. The number of ketones is 2. The van der Waals surface area contributed by atoms with E-state index in [0.29, 0.717) is 33.8 Å². The number of hydrogen-bond donors (Lipinski definition) is 1. The van der Waals surface area contributed by atoms with E-state index < -0.39 is 0 Å². The van der Waals surface area contributed by atoms with Gasteiger partial charge in [0.1, 0.15) is 17.0 Å². The Hall–Kier alpha value is -3.38. The van der Waals surface area contributed by atoms with Crippen LogP contribution in [0.5, 0.6) is 0 Å². The summed E-state index contributed by atoms with van der Waals surface area (Å²) in [6.45, 7) is 4.11. The van der Waals surface area contributed by atoms with Crippen molar-refractivity contribution in [2.45, 2.75) is 13.8 Å². The molecule has 0 unspecified atom stereocenters. The number of rotatable bonds is 2. The van der Waals surface area contributed by atoms with E-state index in [2.05, 4.69) is 29.1 Å². The third-order valence-corrected chi connectivity index (χ3v) is 6.27. The summed E-state index contributed by atoms with van der Waals surface area (Å²) in [5.41, 5.74) is 3.61. The average molecular weight is 385 g/mol. The Morgan fingerprint density at radius 3 is 2.29 bits per heavy atom. The van der Waals surface area contributed by atoms with Crippen LogP contribution in [0.4, 0.5) is 11.5 Å². The van der Waals surface area contributed by atoms with Gasteiger partial charge in [-0.1, -0.05) is 24.3 Å². The fraction of sp³-hybridized carbons (Fsp3) is 0.0909. The van der Waals surface area contributed by atoms with Gasteiger partial charge in [-0.05, 0) is 37.6 Å². The molecule has 0 fully saturated rings. The van der Waals surface area contributed by atoms with Gasteiger partial charge in [-0.2, -0.15) is 0 Å². The second kappa shape index (κ2) is 6.07. The molecule has 0 radical (unpaired) electrons. The van der Waals surface area contributed by atoms with Gasteiger partial charge in [0.2, 0.25) is 0 Å². The molecule has 0 spiro atoms. The van der Waals surface area contributed by atoms with Gasteiger partial charge in [-0.3, -0.25) is 9.59 Å². The summed E-state index contributed by atoms with van der Waals surface area (Å²) in [5, 5.41) is 4.28. The van der Waals surface area contributed by atoms with Crippen LogP contribution in [-0.2, 0) is 0 Å². The highest BCUT2D eigenvalue weighted by Crippen LogP contribution is 2.35. The number of anilines is 2. The van der Waals surface area contributed by atoms with Crippen LogP contribution in [0.15, 0.2) is 48.8 Å². The fourth-order valence-corrected chi connectivity index (χ4v) is 4.59. The number of aromatic nitrogens is 2. The van der Waals surface area contributed by atoms with E-state index in [0.717, 1.165) is 15.8 Å². The summed E-state index contributed by atoms with van der Waals surface area (Å²) in [6.07, 6.45) is 1.53. The zero-order chi connectivity index (χ0) is 19.4. The minimum absolute atomic E-state index is 0.120. The van der Waals surface area contributed by atoms with Crippen molar-refractivity contribution in [1.82, 2.24) is 9.97 Å². The van der Waals surface area contributed by atoms with Gasteiger partial charge < -0.3 is 5.32 Å². The first-order valence-corrected chi connectivity index (χ1v) is 9.66. The number of benzene rings is 2. The fourth-order valence-electron chi connectivity index (χ4n) is 3.59. The summed E-state index contributed by atoms with van der Waals surface area (Å²) in [7, 11) is 0. The van der Waals surface area contributed by atoms with Crippen LogP contribution in [0.1, 0.15) is 42.3 Å². The number of fused-ring (bicyclic) bond motifs is 3. The van der Waals surface area contributed by atoms with Crippen molar-refractivity contribution < 1.29 is 9.59 Å². The largest absolute Gasteiger partial charge is 0.340 e. The molecule has 4 aromatic rings. The Kier molecular flexibility index (Phi) is 3.64. The Morgan fingerprint density at radius 2 is 1.54 bits per heavy atom. The minimum Gasteiger partial charge on any atom is -0.340 e. The van der Waals surface area contributed by atoms with Gasteiger partial charge >= 0.3 is 0 Å². The zero-order valence-electron chi connectivity index (χ0n) is 15.2. The molecule has 0 aliphatic heterocycles. The van der Waals surface area contributed by atoms with E-state index in [-0.39, 0.29) is 11.6 Å². The molecule has 6 heteroatoms. The predicted molar refractivity (Wildman–Crippen MR) is 110 cm³/mol. The first-order chi connectivity index (χ1) is 13.5. The Morgan fingerprint density at radius 1 is 0.857 bits per heavy atom. The molecule has 0 atom stereocenters. The smallest absolute Gasteiger partial charge is 0.194 e. The highest BCUT2D eigenvalue weighted by atomic mass is 32.1. The summed E-state index contributed by atoms with van der Waals surface area (Å²) in [4.78, 5) is 36.5. The van der Waals surface area contributed by atoms with Crippen LogP contribution < -0.4 is 5.32 Å². The average Bonchev–Trinajstić information content (AvgIpc) is 3.01. The summed E-state index contributed by atoms with van der Waals surface area (Å²) < 4.78 is 0. The van der Waals surface area contributed by atoms with Crippen LogP contribution in [0.3, 0.4) is 0 Å². The molecule has 0 amide bonds. The van der Waals surface area contributed by atoms with E-state index >= 15 is 0 Å². The molecule has 1 N–H and O–H groups in total. The summed E-state index contributed by atoms with van der Waals surface area (Å²) in [5.74, 6) is 0.441. The van der Waals surface area contributed by atoms with Crippen LogP contribution in [-0.4, -0.2) is 21.5 Å². The van der Waals surface area contributed by atoms with Crippen LogP contribution in [0.25, 0.3) is 10.2 Å². The second-order valence-corrected chi connectivity index (χ2v) is 7.98. The Balaban J connectivity index is 1.60. The maximum absolute atomic E-state index is 12.9. The maximum atomic E-state index is 12.9. The monoisotopic (exact) mass is 385 g/mol. The van der Waals surface area contributed by atoms with Gasteiger partial charge in [-0.25, -0.2) is 9.97 Å². The highest BCUT2D eigenvalue weighted by Gasteiger charge is 2.29. The van der Waals surface area contributed by atoms with Crippen LogP contribution in [0, 0.1) is 13.8 Å². The SMILES string of the molecule is Cc1sc2ncnc(Nc3ccc4c(c3)C(=O)c3ccccc3C4=O)c2c1C. The van der Waals surface area contributed by atoms with Gasteiger partial charge in [-0.15, -0.1) is 11.3 Å². The van der Waals surface area contributed by atoms with Gasteiger partial charge in [0.05, 0.1) is 5.39 Å². The predicted octanol–water partition coefficient (Wildman–Crippen LogP) is 4.83. The molecular formula is C22H15N3O2S. The van der Waals surface area contributed by atoms with Crippen molar-refractivity contribution in [2.24, 2.45) is 0 Å². The molecule has 2 aromatic carbocycles. The first kappa shape index (κ1) is 16.8. The summed E-state index contributed by atoms with van der Waals surface area (Å²) >= 11 is 1.63. The number of thiophene rings is 1. The minimum atomic E-state index is -0.135. The van der Waals surface area contributed by atoms with E-state index in [4.69, 9.17) is 0 Å². The molecule has 2 aromatic heterocycles. The Labute approximate surface area is 165 Å². The van der Waals surface area contributed by atoms with Crippen LogP contribution in [0.2, 0.25) is 0 Å². The molecule has 2 heterocycles. The van der Waals surface area contributed by atoms with E-state index in [1.165, 1.54) is 11.2 Å². The van der Waals surface area contributed by atoms with Gasteiger partial charge in [0, 0.05) is 32.8 Å². The molecule has 28 heavy (non-hydrogen) atoms. The van der Waals surface area contributed by atoms with Crippen molar-refractivity contribution in [2.75, 3.05) is 5.32 Å². The standard InChI is InChI=1S/C22H15N3O2S/c1-11-12(2)28-22-18(11)21(23-10-24-22)25-13-7-8-16-17(9-13)20(27)15-6-4-3-5-14(15)19(16)26/h3-10H,1-2H3,(H,23,24,25). The third kappa shape index (κ3) is 2.38. The lowest BCUT2D eigenvalue weighted by Crippen LogP contribution is -2.20. The quantitative estimate of drug-likeness (QED) is 0.471. The molecule has 5 rings (SSSR count). The molecule has 1 aliphatic carbocycles. The normalized spacial score (nSPS) is 12.8. The molecule has 136 valence electrons. The second-order valence-electron chi connectivity index (χ2n) is 6.77. The lowest BCUT2D eigenvalue weighted by Gasteiger charge is -2.18. The van der Waals surface area contributed by atoms with Gasteiger partial charge in [0.25, 0.3) is 0 Å². The molecule has 5 nitrogen and oxygen atoms in total. The third-order valence-electron chi connectivity index (χ3n) is 5.15. The zero-order valence-corrected chi connectivity index (χ0v) is 16.1. The van der Waals surface area contributed by atoms with Crippen molar-refractivity contribution in [3.8, 4) is 0 Å². The highest BCUT2D eigenvalue weighted by molar-refractivity contribution is 7.18. The van der Waals surface area contributed by atoms with E-state index in [1.807, 2.05) is 0 Å². The molecule has 0 saturated heterocycles. The maximum Gasteiger partial charge on any atom is 0.194 e. The van der Waals surface area contributed by atoms with Gasteiger partial charge in [0.15, 0.2) is 11.6 Å². The first-order valence-electron chi connectivity index (χ1n) is 8.85. The van der Waals surface area contributed by atoms with Crippen LogP contribution >= 0.6 is 11.3 Å². The Bertz CT molecular complexity index is 1310. The number of nitrogens with one attached hydrogen (secondary N) is 1. The topological polar surface area (TPSA) is 72.0 Å². The number of aryl methyl sites for hydroxylation is 2. The summed E-state index contributed by atoms with van der Waals surface area (Å²) in [6, 6.07) is 12.2. The van der Waals surface area contributed by atoms with Crippen molar-refractivity contribution in [1.29, 1.82) is 0 Å². The number of hydrogen-bond acceptors (Lipinski definition) is 6. The number of carbonyl (C=O) groups excluding carboxylic acids is 2. The molecule has 1 aliphatic rings. The van der Waals surface area contributed by atoms with Crippen molar-refractivity contribution in [3.05, 3.63) is 81.5 Å². The molecule has 0 saturated carbocycles.